The van der Waals surface area contributed by atoms with Crippen molar-refractivity contribution in [1.82, 2.24) is 9.97 Å². The molecule has 0 aliphatic heterocycles. The third-order valence-corrected chi connectivity index (χ3v) is 3.51. The van der Waals surface area contributed by atoms with E-state index in [2.05, 4.69) is 37.6 Å². The molecule has 0 amide bonds. The van der Waals surface area contributed by atoms with Crippen LogP contribution in [0.5, 0.6) is 0 Å². The van der Waals surface area contributed by atoms with Crippen LogP contribution in [-0.2, 0) is 6.54 Å². The molecule has 3 aromatic rings. The second kappa shape index (κ2) is 7.04. The summed E-state index contributed by atoms with van der Waals surface area (Å²) in [4.78, 5) is 11.0. The molecule has 0 atom stereocenters. The van der Waals surface area contributed by atoms with E-state index in [1.165, 1.54) is 0 Å². The Morgan fingerprint density at radius 3 is 2.54 bits per heavy atom. The Morgan fingerprint density at radius 1 is 1.08 bits per heavy atom. The van der Waals surface area contributed by atoms with Crippen LogP contribution in [0.1, 0.15) is 11.5 Å². The highest BCUT2D eigenvalue weighted by Crippen LogP contribution is 2.20. The number of rotatable bonds is 6. The number of furan rings is 1. The van der Waals surface area contributed by atoms with Crippen LogP contribution in [0.3, 0.4) is 0 Å². The van der Waals surface area contributed by atoms with Gasteiger partial charge in [0.25, 0.3) is 0 Å². The van der Waals surface area contributed by atoms with Crippen LogP contribution in [0.2, 0.25) is 0 Å². The van der Waals surface area contributed by atoms with Crippen LogP contribution in [-0.4, -0.2) is 24.1 Å². The van der Waals surface area contributed by atoms with Gasteiger partial charge in [0.2, 0.25) is 5.95 Å². The summed E-state index contributed by atoms with van der Waals surface area (Å²) in [6, 6.07) is 13.9. The zero-order valence-electron chi connectivity index (χ0n) is 14.1. The van der Waals surface area contributed by atoms with Gasteiger partial charge in [0, 0.05) is 37.2 Å². The maximum absolute atomic E-state index is 5.30. The van der Waals surface area contributed by atoms with Crippen molar-refractivity contribution in [2.45, 2.75) is 13.5 Å². The fourth-order valence-electron chi connectivity index (χ4n) is 2.28. The van der Waals surface area contributed by atoms with E-state index in [0.29, 0.717) is 12.5 Å². The number of hydrogen-bond acceptors (Lipinski definition) is 6. The first-order valence-electron chi connectivity index (χ1n) is 7.76. The lowest BCUT2D eigenvalue weighted by molar-refractivity contribution is 0.517. The molecule has 0 spiro atoms. The standard InChI is InChI=1S/C18H21N5O/c1-13-11-17(21-14-6-8-15(9-7-14)23(2)3)22-18(20-13)19-12-16-5-4-10-24-16/h4-11H,12H2,1-3H3,(H2,19,20,21,22). The van der Waals surface area contributed by atoms with Gasteiger partial charge < -0.3 is 20.0 Å². The topological polar surface area (TPSA) is 66.2 Å². The molecule has 0 saturated carbocycles. The van der Waals surface area contributed by atoms with Gasteiger partial charge in [-0.15, -0.1) is 0 Å². The number of hydrogen-bond donors (Lipinski definition) is 2. The summed E-state index contributed by atoms with van der Waals surface area (Å²) < 4.78 is 5.30. The minimum Gasteiger partial charge on any atom is -0.467 e. The molecule has 3 rings (SSSR count). The minimum atomic E-state index is 0.549. The molecular formula is C18H21N5O. The maximum atomic E-state index is 5.30. The Bertz CT molecular complexity index is 782. The molecule has 0 saturated heterocycles. The highest BCUT2D eigenvalue weighted by molar-refractivity contribution is 5.61. The number of aryl methyl sites for hydroxylation is 1. The zero-order chi connectivity index (χ0) is 16.9. The maximum Gasteiger partial charge on any atom is 0.225 e. The summed E-state index contributed by atoms with van der Waals surface area (Å²) in [5, 5.41) is 6.49. The van der Waals surface area contributed by atoms with E-state index < -0.39 is 0 Å². The first-order valence-corrected chi connectivity index (χ1v) is 7.76. The average molecular weight is 323 g/mol. The van der Waals surface area contributed by atoms with E-state index >= 15 is 0 Å². The lowest BCUT2D eigenvalue weighted by Crippen LogP contribution is -2.08. The van der Waals surface area contributed by atoms with Gasteiger partial charge in [-0.05, 0) is 43.3 Å². The van der Waals surface area contributed by atoms with Crippen LogP contribution < -0.4 is 15.5 Å². The highest BCUT2D eigenvalue weighted by atomic mass is 16.3. The number of benzene rings is 1. The number of aromatic nitrogens is 2. The van der Waals surface area contributed by atoms with Gasteiger partial charge in [-0.25, -0.2) is 4.98 Å². The monoisotopic (exact) mass is 323 g/mol. The summed E-state index contributed by atoms with van der Waals surface area (Å²) in [6.07, 6.45) is 1.65. The minimum absolute atomic E-state index is 0.549. The predicted molar refractivity (Wildman–Crippen MR) is 96.9 cm³/mol. The number of nitrogens with one attached hydrogen (secondary N) is 2. The fourth-order valence-corrected chi connectivity index (χ4v) is 2.28. The molecule has 0 aliphatic rings. The Hall–Kier alpha value is -3.02. The Balaban J connectivity index is 1.71. The van der Waals surface area contributed by atoms with Crippen LogP contribution in [0.25, 0.3) is 0 Å². The predicted octanol–water partition coefficient (Wildman–Crippen LogP) is 3.80. The molecule has 1 aromatic carbocycles. The average Bonchev–Trinajstić information content (AvgIpc) is 3.06. The van der Waals surface area contributed by atoms with E-state index in [0.717, 1.165) is 28.6 Å². The summed E-state index contributed by atoms with van der Waals surface area (Å²) in [6.45, 7) is 2.49. The smallest absolute Gasteiger partial charge is 0.225 e. The van der Waals surface area contributed by atoms with Crippen LogP contribution in [0, 0.1) is 6.92 Å². The van der Waals surface area contributed by atoms with Crippen molar-refractivity contribution in [3.05, 3.63) is 60.2 Å². The largest absolute Gasteiger partial charge is 0.467 e. The molecule has 124 valence electrons. The molecule has 2 heterocycles. The van der Waals surface area contributed by atoms with Crippen LogP contribution in [0.15, 0.2) is 53.1 Å². The molecule has 0 aliphatic carbocycles. The molecule has 0 unspecified atom stereocenters. The quantitative estimate of drug-likeness (QED) is 0.719. The third kappa shape index (κ3) is 4.04. The summed E-state index contributed by atoms with van der Waals surface area (Å²) in [5.41, 5.74) is 3.02. The number of nitrogens with zero attached hydrogens (tertiary/aromatic N) is 3. The van der Waals surface area contributed by atoms with Crippen molar-refractivity contribution in [2.75, 3.05) is 29.6 Å². The second-order valence-electron chi connectivity index (χ2n) is 5.72. The summed E-state index contributed by atoms with van der Waals surface area (Å²) in [5.74, 6) is 2.16. The summed E-state index contributed by atoms with van der Waals surface area (Å²) in [7, 11) is 4.04. The van der Waals surface area contributed by atoms with Crippen LogP contribution >= 0.6 is 0 Å². The number of anilines is 4. The Labute approximate surface area is 141 Å². The molecule has 2 N–H and O–H groups in total. The van der Waals surface area contributed by atoms with Crippen molar-refractivity contribution in [2.24, 2.45) is 0 Å². The lowest BCUT2D eigenvalue weighted by atomic mass is 10.2. The van der Waals surface area contributed by atoms with Gasteiger partial charge in [0.15, 0.2) is 0 Å². The van der Waals surface area contributed by atoms with Gasteiger partial charge in [-0.1, -0.05) is 0 Å². The van der Waals surface area contributed by atoms with Crippen molar-refractivity contribution < 1.29 is 4.42 Å². The molecule has 0 fully saturated rings. The zero-order valence-corrected chi connectivity index (χ0v) is 14.1. The summed E-state index contributed by atoms with van der Waals surface area (Å²) >= 11 is 0. The van der Waals surface area contributed by atoms with Crippen molar-refractivity contribution in [3.63, 3.8) is 0 Å². The van der Waals surface area contributed by atoms with Gasteiger partial charge in [0.05, 0.1) is 12.8 Å². The van der Waals surface area contributed by atoms with Gasteiger partial charge in [0.1, 0.15) is 11.6 Å². The molecular weight excluding hydrogens is 302 g/mol. The van der Waals surface area contributed by atoms with Crippen LogP contribution in [0.4, 0.5) is 23.1 Å². The molecule has 2 aromatic heterocycles. The fraction of sp³-hybridized carbons (Fsp3) is 0.222. The van der Waals surface area contributed by atoms with Gasteiger partial charge >= 0.3 is 0 Å². The van der Waals surface area contributed by atoms with E-state index in [1.807, 2.05) is 51.4 Å². The van der Waals surface area contributed by atoms with E-state index in [-0.39, 0.29) is 0 Å². The Morgan fingerprint density at radius 2 is 1.88 bits per heavy atom. The van der Waals surface area contributed by atoms with E-state index in [1.54, 1.807) is 6.26 Å². The first-order chi connectivity index (χ1) is 11.6. The Kier molecular flexibility index (Phi) is 4.65. The van der Waals surface area contributed by atoms with E-state index in [4.69, 9.17) is 4.42 Å². The van der Waals surface area contributed by atoms with Gasteiger partial charge in [-0.3, -0.25) is 0 Å². The van der Waals surface area contributed by atoms with Gasteiger partial charge in [-0.2, -0.15) is 4.98 Å². The first kappa shape index (κ1) is 15.9. The second-order valence-corrected chi connectivity index (χ2v) is 5.72. The normalized spacial score (nSPS) is 10.5. The van der Waals surface area contributed by atoms with Crippen molar-refractivity contribution >= 4 is 23.1 Å². The molecule has 24 heavy (non-hydrogen) atoms. The third-order valence-electron chi connectivity index (χ3n) is 3.51. The molecule has 6 heteroatoms. The SMILES string of the molecule is Cc1cc(Nc2ccc(N(C)C)cc2)nc(NCc2ccco2)n1. The highest BCUT2D eigenvalue weighted by Gasteiger charge is 2.04. The molecule has 0 radical (unpaired) electrons. The molecule has 6 nitrogen and oxygen atoms in total. The lowest BCUT2D eigenvalue weighted by Gasteiger charge is -2.13. The van der Waals surface area contributed by atoms with Crippen molar-refractivity contribution in [1.29, 1.82) is 0 Å². The van der Waals surface area contributed by atoms with E-state index in [9.17, 15) is 0 Å². The van der Waals surface area contributed by atoms with Crippen molar-refractivity contribution in [3.8, 4) is 0 Å². The molecule has 0 bridgehead atoms.